The lowest BCUT2D eigenvalue weighted by Crippen LogP contribution is -2.48. The molecule has 0 saturated heterocycles. The van der Waals surface area contributed by atoms with Crippen molar-refractivity contribution < 1.29 is 18.6 Å². The Labute approximate surface area is 187 Å². The lowest BCUT2D eigenvalue weighted by Gasteiger charge is -2.34. The molecule has 0 aliphatic carbocycles. The maximum atomic E-state index is 13.1. The van der Waals surface area contributed by atoms with Crippen molar-refractivity contribution in [3.05, 3.63) is 65.4 Å². The average molecular weight is 456 g/mol. The van der Waals surface area contributed by atoms with Crippen molar-refractivity contribution in [1.82, 2.24) is 10.3 Å². The van der Waals surface area contributed by atoms with Crippen molar-refractivity contribution in [2.45, 2.75) is 26.3 Å². The van der Waals surface area contributed by atoms with Gasteiger partial charge in [0.05, 0.1) is 27.9 Å². The molecule has 9 nitrogen and oxygen atoms in total. The number of rotatable bonds is 5. The van der Waals surface area contributed by atoms with Crippen molar-refractivity contribution >= 4 is 39.3 Å². The second-order valence-corrected chi connectivity index (χ2v) is 9.66. The normalized spacial score (nSPS) is 15.8. The van der Waals surface area contributed by atoms with Crippen molar-refractivity contribution in [2.24, 2.45) is 10.1 Å². The first kappa shape index (κ1) is 21.9. The maximum Gasteiger partial charge on any atom is 0.252 e. The molecule has 1 aromatic heterocycles. The lowest BCUT2D eigenvalue weighted by molar-refractivity contribution is 0.0882. The van der Waals surface area contributed by atoms with Crippen LogP contribution >= 0.6 is 11.0 Å². The number of pyridine rings is 1. The Balaban J connectivity index is 1.53. The first-order valence-corrected chi connectivity index (χ1v) is 11.4. The van der Waals surface area contributed by atoms with Crippen molar-refractivity contribution in [3.8, 4) is 5.75 Å². The fourth-order valence-corrected chi connectivity index (χ4v) is 4.39. The Morgan fingerprint density at radius 3 is 2.75 bits per heavy atom. The number of carbonyl (C=O) groups is 1. The Morgan fingerprint density at radius 1 is 1.22 bits per heavy atom. The van der Waals surface area contributed by atoms with Crippen LogP contribution in [0.4, 0.5) is 5.69 Å². The van der Waals surface area contributed by atoms with Gasteiger partial charge in [-0.2, -0.15) is 0 Å². The molecule has 1 aliphatic heterocycles. The minimum atomic E-state index is -3.38. The van der Waals surface area contributed by atoms with E-state index >= 15 is 0 Å². The number of hydrogen-bond donors (Lipinski definition) is 5. The van der Waals surface area contributed by atoms with Gasteiger partial charge < -0.3 is 15.8 Å². The molecule has 4 rings (SSSR count). The summed E-state index contributed by atoms with van der Waals surface area (Å²) in [6.45, 7) is 5.69. The zero-order chi connectivity index (χ0) is 23.1. The molecule has 0 fully saturated rings. The van der Waals surface area contributed by atoms with Gasteiger partial charge >= 0.3 is 0 Å². The SMILES string of the molecule is Cc1cc(C(=O)NC(C)(C)COc2cccc3c2C(N)=NS(O)(O)N3)c2ccccc2n1. The zero-order valence-electron chi connectivity index (χ0n) is 17.9. The maximum absolute atomic E-state index is 13.1. The molecule has 10 heteroatoms. The van der Waals surface area contributed by atoms with Crippen LogP contribution in [0.5, 0.6) is 5.75 Å². The van der Waals surface area contributed by atoms with Gasteiger partial charge in [-0.1, -0.05) is 24.3 Å². The molecule has 0 spiro atoms. The van der Waals surface area contributed by atoms with Crippen LogP contribution in [0.25, 0.3) is 10.9 Å². The quantitative estimate of drug-likeness (QED) is 0.393. The standard InChI is InChI=1S/C22H25N5O4S/c1-13-11-15(14-7-4-5-8-16(14)24-13)21(28)25-22(2,3)12-31-18-10-6-9-17-19(18)20(23)27-32(29,30)26-17/h4-11,26,29-30H,12H2,1-3H3,(H2,23,27)(H,25,28). The summed E-state index contributed by atoms with van der Waals surface area (Å²) in [5, 5.41) is 3.80. The van der Waals surface area contributed by atoms with Gasteiger partial charge in [0.1, 0.15) is 12.4 Å². The number of hydrogen-bond acceptors (Lipinski definition) is 8. The molecule has 3 aromatic rings. The highest BCUT2D eigenvalue weighted by Crippen LogP contribution is 2.46. The third-order valence-corrected chi connectivity index (χ3v) is 5.83. The fraction of sp³-hybridized carbons (Fsp3) is 0.227. The second-order valence-electron chi connectivity index (χ2n) is 8.23. The van der Waals surface area contributed by atoms with E-state index in [1.165, 1.54) is 0 Å². The molecule has 0 radical (unpaired) electrons. The van der Waals surface area contributed by atoms with Crippen LogP contribution in [0.15, 0.2) is 52.9 Å². The number of para-hydroxylation sites is 1. The Kier molecular flexibility index (Phi) is 5.45. The first-order valence-electron chi connectivity index (χ1n) is 9.91. The summed E-state index contributed by atoms with van der Waals surface area (Å²) < 4.78 is 31.9. The number of amides is 1. The Bertz CT molecular complexity index is 1240. The molecule has 1 aliphatic rings. The van der Waals surface area contributed by atoms with Gasteiger partial charge in [-0.15, -0.1) is 4.40 Å². The topological polar surface area (TPSA) is 142 Å². The summed E-state index contributed by atoms with van der Waals surface area (Å²) in [5.74, 6) is 0.153. The van der Waals surface area contributed by atoms with Gasteiger partial charge in [-0.05, 0) is 56.0 Å². The highest BCUT2D eigenvalue weighted by molar-refractivity contribution is 8.24. The van der Waals surface area contributed by atoms with Gasteiger partial charge in [0.2, 0.25) is 0 Å². The molecule has 0 unspecified atom stereocenters. The lowest BCUT2D eigenvalue weighted by atomic mass is 10.0. The highest BCUT2D eigenvalue weighted by Gasteiger charge is 2.28. The minimum absolute atomic E-state index is 0.0325. The van der Waals surface area contributed by atoms with E-state index in [2.05, 4.69) is 19.4 Å². The first-order chi connectivity index (χ1) is 15.0. The van der Waals surface area contributed by atoms with Crippen LogP contribution in [0.3, 0.4) is 0 Å². The number of ether oxygens (including phenoxy) is 1. The van der Waals surface area contributed by atoms with Crippen LogP contribution in [0.1, 0.15) is 35.5 Å². The number of fused-ring (bicyclic) bond motifs is 2. The monoisotopic (exact) mass is 455 g/mol. The third kappa shape index (κ3) is 4.47. The molecule has 168 valence electrons. The number of nitrogens with zero attached hydrogens (tertiary/aromatic N) is 2. The Hall–Kier alpha value is -3.34. The highest BCUT2D eigenvalue weighted by atomic mass is 32.3. The molecule has 0 saturated carbocycles. The van der Waals surface area contributed by atoms with E-state index in [1.54, 1.807) is 24.3 Å². The average Bonchev–Trinajstić information content (AvgIpc) is 2.70. The van der Waals surface area contributed by atoms with E-state index < -0.39 is 16.5 Å². The van der Waals surface area contributed by atoms with Crippen molar-refractivity contribution in [1.29, 1.82) is 0 Å². The van der Waals surface area contributed by atoms with Gasteiger partial charge in [0.25, 0.3) is 5.91 Å². The minimum Gasteiger partial charge on any atom is -0.490 e. The number of carbonyl (C=O) groups excluding carboxylic acids is 1. The number of amidine groups is 1. The molecule has 6 N–H and O–H groups in total. The number of aromatic nitrogens is 1. The Morgan fingerprint density at radius 2 is 1.97 bits per heavy atom. The molecule has 1 amide bonds. The van der Waals surface area contributed by atoms with E-state index in [1.807, 2.05) is 45.0 Å². The van der Waals surface area contributed by atoms with Crippen molar-refractivity contribution in [3.63, 3.8) is 0 Å². The van der Waals surface area contributed by atoms with Crippen LogP contribution in [0.2, 0.25) is 0 Å². The summed E-state index contributed by atoms with van der Waals surface area (Å²) in [6.07, 6.45) is 0. The van der Waals surface area contributed by atoms with Gasteiger partial charge in [0.15, 0.2) is 5.84 Å². The van der Waals surface area contributed by atoms with Gasteiger partial charge in [-0.25, -0.2) is 0 Å². The summed E-state index contributed by atoms with van der Waals surface area (Å²) >= 11 is 0. The predicted molar refractivity (Wildman–Crippen MR) is 127 cm³/mol. The fourth-order valence-electron chi connectivity index (χ4n) is 3.52. The number of benzene rings is 2. The summed E-state index contributed by atoms with van der Waals surface area (Å²) in [6, 6.07) is 14.3. The van der Waals surface area contributed by atoms with Crippen LogP contribution in [0, 0.1) is 6.92 Å². The number of aryl methyl sites for hydroxylation is 1. The molecule has 0 atom stereocenters. The van der Waals surface area contributed by atoms with Crippen LogP contribution in [-0.4, -0.2) is 38.0 Å². The van der Waals surface area contributed by atoms with E-state index in [-0.39, 0.29) is 18.3 Å². The predicted octanol–water partition coefficient (Wildman–Crippen LogP) is 3.84. The molecule has 2 aromatic carbocycles. The largest absolute Gasteiger partial charge is 0.490 e. The summed E-state index contributed by atoms with van der Waals surface area (Å²) in [5.41, 5.74) is 8.13. The molecular weight excluding hydrogens is 430 g/mol. The summed E-state index contributed by atoms with van der Waals surface area (Å²) in [7, 11) is -3.38. The second kappa shape index (κ2) is 7.97. The molecule has 2 heterocycles. The number of nitrogens with two attached hydrogens (primary N) is 1. The van der Waals surface area contributed by atoms with E-state index in [0.717, 1.165) is 16.6 Å². The van der Waals surface area contributed by atoms with Crippen LogP contribution < -0.4 is 20.5 Å². The summed E-state index contributed by atoms with van der Waals surface area (Å²) in [4.78, 5) is 17.6. The number of anilines is 1. The zero-order valence-corrected chi connectivity index (χ0v) is 18.7. The third-order valence-electron chi connectivity index (χ3n) is 4.88. The smallest absolute Gasteiger partial charge is 0.252 e. The van der Waals surface area contributed by atoms with E-state index in [0.29, 0.717) is 22.6 Å². The van der Waals surface area contributed by atoms with Gasteiger partial charge in [-0.3, -0.25) is 23.6 Å². The van der Waals surface area contributed by atoms with E-state index in [4.69, 9.17) is 10.5 Å². The molecule has 32 heavy (non-hydrogen) atoms. The number of nitrogens with one attached hydrogen (secondary N) is 2. The molecule has 0 bridgehead atoms. The molecular formula is C22H25N5O4S. The van der Waals surface area contributed by atoms with E-state index in [9.17, 15) is 13.9 Å². The van der Waals surface area contributed by atoms with Gasteiger partial charge in [0, 0.05) is 11.1 Å². The van der Waals surface area contributed by atoms with Crippen molar-refractivity contribution in [2.75, 3.05) is 11.3 Å². The van der Waals surface area contributed by atoms with Crippen LogP contribution in [-0.2, 0) is 0 Å².